The molecular formula is C32H33F2N3O5. The van der Waals surface area contributed by atoms with E-state index >= 15 is 0 Å². The number of nitrogens with zero attached hydrogens (tertiary/aromatic N) is 2. The maximum Gasteiger partial charge on any atom is 0.407 e. The van der Waals surface area contributed by atoms with E-state index in [2.05, 4.69) is 10.2 Å². The van der Waals surface area contributed by atoms with Crippen molar-refractivity contribution in [1.29, 1.82) is 0 Å². The molecule has 0 aliphatic carbocycles. The SMILES string of the molecule is COc1ccc([C@@H](C)N(C)[C@@H]2COCc3c2c2cc(F)c(F)cc2c(=O)n3CCNC(=O)OCc2ccccc2)cc1. The summed E-state index contributed by atoms with van der Waals surface area (Å²) in [6.07, 6.45) is -0.628. The van der Waals surface area contributed by atoms with Gasteiger partial charge in [-0.2, -0.15) is 0 Å². The van der Waals surface area contributed by atoms with Gasteiger partial charge in [-0.15, -0.1) is 0 Å². The Morgan fingerprint density at radius 2 is 1.79 bits per heavy atom. The number of carbonyl (C=O) groups is 1. The second-order valence-corrected chi connectivity index (χ2v) is 10.3. The number of methoxy groups -OCH3 is 1. The van der Waals surface area contributed by atoms with Crippen LogP contribution in [0, 0.1) is 11.6 Å². The third-order valence-electron chi connectivity index (χ3n) is 7.83. The van der Waals surface area contributed by atoms with E-state index in [9.17, 15) is 18.4 Å². The lowest BCUT2D eigenvalue weighted by Crippen LogP contribution is -2.39. The van der Waals surface area contributed by atoms with Crippen molar-refractivity contribution in [3.8, 4) is 5.75 Å². The molecule has 5 rings (SSSR count). The molecule has 1 N–H and O–H groups in total. The Bertz CT molecular complexity index is 1630. The summed E-state index contributed by atoms with van der Waals surface area (Å²) < 4.78 is 47.0. The summed E-state index contributed by atoms with van der Waals surface area (Å²) in [6.45, 7) is 2.72. The van der Waals surface area contributed by atoms with Gasteiger partial charge in [0.1, 0.15) is 12.4 Å². The highest BCUT2D eigenvalue weighted by Gasteiger charge is 2.33. The number of nitrogens with one attached hydrogen (secondary N) is 1. The number of likely N-dealkylation sites (N-methyl/N-ethyl adjacent to an activating group) is 1. The standard InChI is InChI=1S/C32H33F2N3O5/c1-20(22-9-11-23(40-3)12-10-22)36(2)28-18-41-19-29-30(28)24-15-26(33)27(34)16-25(24)31(38)37(29)14-13-35-32(39)42-17-21-7-5-4-6-8-21/h4-12,15-16,20,28H,13-14,17-19H2,1-3H3,(H,35,39)/t20-,28-/m1/s1. The molecule has 1 amide bonds. The Kier molecular flexibility index (Phi) is 8.84. The van der Waals surface area contributed by atoms with Crippen molar-refractivity contribution in [2.45, 2.75) is 38.8 Å². The molecule has 1 aliphatic heterocycles. The number of carbonyl (C=O) groups excluding carboxylic acids is 1. The van der Waals surface area contributed by atoms with E-state index < -0.39 is 23.3 Å². The van der Waals surface area contributed by atoms with Crippen LogP contribution in [0.1, 0.15) is 41.4 Å². The summed E-state index contributed by atoms with van der Waals surface area (Å²) in [5, 5.41) is 3.09. The van der Waals surface area contributed by atoms with Crippen molar-refractivity contribution in [3.63, 3.8) is 0 Å². The Morgan fingerprint density at radius 1 is 1.10 bits per heavy atom. The van der Waals surface area contributed by atoms with Crippen molar-refractivity contribution in [1.82, 2.24) is 14.8 Å². The van der Waals surface area contributed by atoms with Crippen LogP contribution in [0.15, 0.2) is 71.5 Å². The maximum absolute atomic E-state index is 14.6. The predicted molar refractivity (Wildman–Crippen MR) is 154 cm³/mol. The van der Waals surface area contributed by atoms with Crippen LogP contribution >= 0.6 is 0 Å². The van der Waals surface area contributed by atoms with E-state index in [0.717, 1.165) is 29.0 Å². The van der Waals surface area contributed by atoms with E-state index in [1.165, 1.54) is 4.57 Å². The van der Waals surface area contributed by atoms with Gasteiger partial charge >= 0.3 is 6.09 Å². The lowest BCUT2D eigenvalue weighted by atomic mass is 9.93. The number of hydrogen-bond acceptors (Lipinski definition) is 6. The van der Waals surface area contributed by atoms with Gasteiger partial charge in [-0.05, 0) is 54.8 Å². The fourth-order valence-electron chi connectivity index (χ4n) is 5.38. The molecule has 220 valence electrons. The molecule has 2 heterocycles. The Balaban J connectivity index is 1.44. The van der Waals surface area contributed by atoms with Gasteiger partial charge in [0.05, 0.1) is 37.4 Å². The number of hydrogen-bond donors (Lipinski definition) is 1. The van der Waals surface area contributed by atoms with Crippen LogP contribution in [-0.2, 0) is 29.2 Å². The molecule has 4 aromatic rings. The summed E-state index contributed by atoms with van der Waals surface area (Å²) >= 11 is 0. The third kappa shape index (κ3) is 6.00. The largest absolute Gasteiger partial charge is 0.497 e. The molecule has 10 heteroatoms. The van der Waals surface area contributed by atoms with Gasteiger partial charge in [0.25, 0.3) is 5.56 Å². The molecule has 0 radical (unpaired) electrons. The smallest absolute Gasteiger partial charge is 0.407 e. The van der Waals surface area contributed by atoms with E-state index in [-0.39, 0.29) is 43.8 Å². The summed E-state index contributed by atoms with van der Waals surface area (Å²) in [5.41, 5.74) is 2.64. The van der Waals surface area contributed by atoms with Crippen LogP contribution in [0.2, 0.25) is 0 Å². The fraction of sp³-hybridized carbons (Fsp3) is 0.312. The molecule has 0 spiro atoms. The lowest BCUT2D eigenvalue weighted by Gasteiger charge is -2.38. The molecule has 0 bridgehead atoms. The van der Waals surface area contributed by atoms with Gasteiger partial charge in [-0.1, -0.05) is 42.5 Å². The molecule has 3 aromatic carbocycles. The molecule has 42 heavy (non-hydrogen) atoms. The topological polar surface area (TPSA) is 82.0 Å². The first-order valence-electron chi connectivity index (χ1n) is 13.7. The Morgan fingerprint density at radius 3 is 2.48 bits per heavy atom. The number of halogens is 2. The highest BCUT2D eigenvalue weighted by molar-refractivity contribution is 5.86. The average molecular weight is 578 g/mol. The molecule has 8 nitrogen and oxygen atoms in total. The molecule has 0 fully saturated rings. The second-order valence-electron chi connectivity index (χ2n) is 10.3. The summed E-state index contributed by atoms with van der Waals surface area (Å²) in [4.78, 5) is 28.0. The summed E-state index contributed by atoms with van der Waals surface area (Å²) in [6, 6.07) is 18.6. The number of alkyl carbamates (subject to hydrolysis) is 1. The first-order chi connectivity index (χ1) is 20.3. The van der Waals surface area contributed by atoms with E-state index in [1.54, 1.807) is 7.11 Å². The quantitative estimate of drug-likeness (QED) is 0.284. The third-order valence-corrected chi connectivity index (χ3v) is 7.83. The molecule has 0 saturated carbocycles. The van der Waals surface area contributed by atoms with Gasteiger partial charge in [0, 0.05) is 24.7 Å². The van der Waals surface area contributed by atoms with Gasteiger partial charge < -0.3 is 24.1 Å². The van der Waals surface area contributed by atoms with Gasteiger partial charge in [0.15, 0.2) is 11.6 Å². The number of amides is 1. The van der Waals surface area contributed by atoms with Gasteiger partial charge in [0.2, 0.25) is 0 Å². The highest BCUT2D eigenvalue weighted by atomic mass is 19.2. The zero-order valence-electron chi connectivity index (χ0n) is 23.7. The number of aromatic nitrogens is 1. The van der Waals surface area contributed by atoms with Crippen LogP contribution < -0.4 is 15.6 Å². The fourth-order valence-corrected chi connectivity index (χ4v) is 5.38. The molecule has 0 saturated heterocycles. The van der Waals surface area contributed by atoms with Gasteiger partial charge in [-0.3, -0.25) is 9.69 Å². The summed E-state index contributed by atoms with van der Waals surface area (Å²) in [5.74, 6) is -1.39. The zero-order valence-corrected chi connectivity index (χ0v) is 23.7. The van der Waals surface area contributed by atoms with E-state index in [0.29, 0.717) is 23.3 Å². The first-order valence-corrected chi connectivity index (χ1v) is 13.7. The van der Waals surface area contributed by atoms with Crippen LogP contribution in [0.25, 0.3) is 10.8 Å². The van der Waals surface area contributed by atoms with Crippen LogP contribution in [-0.4, -0.2) is 42.9 Å². The Labute approximate surface area is 242 Å². The van der Waals surface area contributed by atoms with Crippen LogP contribution in [0.3, 0.4) is 0 Å². The molecule has 2 atom stereocenters. The van der Waals surface area contributed by atoms with Crippen LogP contribution in [0.5, 0.6) is 5.75 Å². The minimum Gasteiger partial charge on any atom is -0.497 e. The summed E-state index contributed by atoms with van der Waals surface area (Å²) in [7, 11) is 3.54. The number of benzene rings is 3. The van der Waals surface area contributed by atoms with Gasteiger partial charge in [-0.25, -0.2) is 13.6 Å². The number of ether oxygens (including phenoxy) is 3. The number of fused-ring (bicyclic) bond motifs is 3. The van der Waals surface area contributed by atoms with E-state index in [4.69, 9.17) is 14.2 Å². The van der Waals surface area contributed by atoms with Crippen molar-refractivity contribution in [2.75, 3.05) is 27.3 Å². The van der Waals surface area contributed by atoms with E-state index in [1.807, 2.05) is 68.6 Å². The molecule has 0 unspecified atom stereocenters. The van der Waals surface area contributed by atoms with Crippen molar-refractivity contribution in [2.24, 2.45) is 0 Å². The molecular weight excluding hydrogens is 544 g/mol. The Hall–Kier alpha value is -4.28. The monoisotopic (exact) mass is 577 g/mol. The second kappa shape index (κ2) is 12.7. The van der Waals surface area contributed by atoms with Crippen molar-refractivity contribution < 1.29 is 27.8 Å². The first kappa shape index (κ1) is 29.2. The van der Waals surface area contributed by atoms with Crippen molar-refractivity contribution >= 4 is 16.9 Å². The lowest BCUT2D eigenvalue weighted by molar-refractivity contribution is 0.0248. The zero-order chi connectivity index (χ0) is 29.8. The maximum atomic E-state index is 14.6. The predicted octanol–water partition coefficient (Wildman–Crippen LogP) is 5.48. The normalized spacial score (nSPS) is 15.3. The minimum atomic E-state index is -1.10. The molecule has 1 aliphatic rings. The number of rotatable bonds is 9. The number of pyridine rings is 1. The average Bonchev–Trinajstić information content (AvgIpc) is 3.02. The molecule has 1 aromatic heterocycles. The van der Waals surface area contributed by atoms with Crippen molar-refractivity contribution in [3.05, 3.63) is 111 Å². The highest BCUT2D eigenvalue weighted by Crippen LogP contribution is 2.38. The van der Waals surface area contributed by atoms with Crippen LogP contribution in [0.4, 0.5) is 13.6 Å². The minimum absolute atomic E-state index is 0.0664.